The van der Waals surface area contributed by atoms with Crippen molar-refractivity contribution in [3.05, 3.63) is 40.3 Å². The number of carbonyl (C=O) groups is 3. The third-order valence-corrected chi connectivity index (χ3v) is 5.29. The normalized spacial score (nSPS) is 15.0. The molecule has 0 unspecified atom stereocenters. The number of urea groups is 1. The number of rotatable bonds is 5. The van der Waals surface area contributed by atoms with Crippen LogP contribution >= 0.6 is 11.3 Å². The lowest BCUT2D eigenvalue weighted by Crippen LogP contribution is -2.33. The summed E-state index contributed by atoms with van der Waals surface area (Å²) in [6, 6.07) is 5.97. The van der Waals surface area contributed by atoms with Gasteiger partial charge in [0.2, 0.25) is 0 Å². The summed E-state index contributed by atoms with van der Waals surface area (Å²) in [6.07, 6.45) is 0. The van der Waals surface area contributed by atoms with Gasteiger partial charge in [0.05, 0.1) is 29.5 Å². The molecular formula is C19H21N3O4S. The summed E-state index contributed by atoms with van der Waals surface area (Å²) in [7, 11) is 0. The third-order valence-electron chi connectivity index (χ3n) is 3.97. The van der Waals surface area contributed by atoms with Crippen molar-refractivity contribution in [1.82, 2.24) is 9.88 Å². The molecule has 8 heteroatoms. The molecule has 0 N–H and O–H groups in total. The predicted molar refractivity (Wildman–Crippen MR) is 102 cm³/mol. The van der Waals surface area contributed by atoms with Crippen LogP contribution in [0.5, 0.6) is 5.75 Å². The van der Waals surface area contributed by atoms with E-state index in [4.69, 9.17) is 4.74 Å². The Labute approximate surface area is 161 Å². The number of hydrogen-bond donors (Lipinski definition) is 0. The molecule has 0 bridgehead atoms. The van der Waals surface area contributed by atoms with Gasteiger partial charge in [0, 0.05) is 10.8 Å². The van der Waals surface area contributed by atoms with Gasteiger partial charge in [0.25, 0.3) is 0 Å². The van der Waals surface area contributed by atoms with Crippen LogP contribution in [0.25, 0.3) is 0 Å². The molecule has 2 aromatic rings. The first-order valence-corrected chi connectivity index (χ1v) is 9.48. The van der Waals surface area contributed by atoms with Gasteiger partial charge >= 0.3 is 17.8 Å². The van der Waals surface area contributed by atoms with Gasteiger partial charge in [-0.1, -0.05) is 32.9 Å². The standard InChI is InChI=1S/C19H21N3O4S/c1-5-26-14-9-7-6-8-13(14)22-16(24)15(23)21(18(22)25)10-12-11-27-17(20-12)19(2,3)4/h6-9,11H,5,10H2,1-4H3. The maximum Gasteiger partial charge on any atom is 0.339 e. The van der Waals surface area contributed by atoms with Gasteiger partial charge in [-0.2, -0.15) is 0 Å². The summed E-state index contributed by atoms with van der Waals surface area (Å²) >= 11 is 1.47. The van der Waals surface area contributed by atoms with Gasteiger partial charge in [-0.3, -0.25) is 9.59 Å². The molecule has 1 aromatic carbocycles. The van der Waals surface area contributed by atoms with Gasteiger partial charge in [-0.05, 0) is 19.1 Å². The van der Waals surface area contributed by atoms with Crippen molar-refractivity contribution in [2.75, 3.05) is 11.5 Å². The first-order valence-electron chi connectivity index (χ1n) is 8.60. The number of thiazole rings is 1. The largest absolute Gasteiger partial charge is 0.492 e. The third kappa shape index (κ3) is 3.57. The molecule has 2 heterocycles. The minimum atomic E-state index is -0.890. The highest BCUT2D eigenvalue weighted by atomic mass is 32.1. The monoisotopic (exact) mass is 387 g/mol. The first kappa shape index (κ1) is 19.0. The fourth-order valence-electron chi connectivity index (χ4n) is 2.66. The molecule has 0 saturated carbocycles. The summed E-state index contributed by atoms with van der Waals surface area (Å²) in [5, 5.41) is 2.71. The Bertz CT molecular complexity index is 900. The second kappa shape index (κ2) is 7.11. The summed E-state index contributed by atoms with van der Waals surface area (Å²) < 4.78 is 5.49. The van der Waals surface area contributed by atoms with E-state index in [2.05, 4.69) is 4.98 Å². The van der Waals surface area contributed by atoms with Crippen LogP contribution in [0.1, 0.15) is 38.4 Å². The van der Waals surface area contributed by atoms with Crippen LogP contribution in [0.4, 0.5) is 10.5 Å². The molecule has 0 radical (unpaired) electrons. The molecule has 27 heavy (non-hydrogen) atoms. The van der Waals surface area contributed by atoms with E-state index in [1.807, 2.05) is 26.2 Å². The Balaban J connectivity index is 1.88. The Morgan fingerprint density at radius 2 is 1.81 bits per heavy atom. The number of para-hydroxylation sites is 2. The van der Waals surface area contributed by atoms with Crippen LogP contribution in [0.15, 0.2) is 29.6 Å². The Hall–Kier alpha value is -2.74. The quantitative estimate of drug-likeness (QED) is 0.581. The molecule has 3 rings (SSSR count). The SMILES string of the molecule is CCOc1ccccc1N1C(=O)C(=O)N(Cc2csc(C(C)(C)C)n2)C1=O. The van der Waals surface area contributed by atoms with E-state index >= 15 is 0 Å². The smallest absolute Gasteiger partial charge is 0.339 e. The number of carbonyl (C=O) groups excluding carboxylic acids is 3. The van der Waals surface area contributed by atoms with Gasteiger partial charge in [-0.25, -0.2) is 19.6 Å². The first-order chi connectivity index (χ1) is 12.7. The van der Waals surface area contributed by atoms with Gasteiger partial charge in [0.15, 0.2) is 0 Å². The van der Waals surface area contributed by atoms with Crippen molar-refractivity contribution in [2.45, 2.75) is 39.7 Å². The van der Waals surface area contributed by atoms with Crippen molar-refractivity contribution >= 4 is 34.9 Å². The number of aromatic nitrogens is 1. The number of nitrogens with zero attached hydrogens (tertiary/aromatic N) is 3. The molecule has 0 aliphatic carbocycles. The van der Waals surface area contributed by atoms with E-state index in [1.165, 1.54) is 11.3 Å². The number of imide groups is 2. The number of anilines is 1. The molecule has 0 spiro atoms. The summed E-state index contributed by atoms with van der Waals surface area (Å²) in [4.78, 5) is 44.0. The zero-order valence-electron chi connectivity index (χ0n) is 15.7. The van der Waals surface area contributed by atoms with Crippen molar-refractivity contribution < 1.29 is 19.1 Å². The van der Waals surface area contributed by atoms with Gasteiger partial charge in [-0.15, -0.1) is 11.3 Å². The minimum absolute atomic E-state index is 0.0384. The Morgan fingerprint density at radius 1 is 1.11 bits per heavy atom. The average molecular weight is 387 g/mol. The Kier molecular flexibility index (Phi) is 5.01. The van der Waals surface area contributed by atoms with Crippen molar-refractivity contribution in [2.24, 2.45) is 0 Å². The summed E-state index contributed by atoms with van der Waals surface area (Å²) in [6.45, 7) is 8.26. The average Bonchev–Trinajstić information content (AvgIpc) is 3.16. The maximum atomic E-state index is 12.8. The highest BCUT2D eigenvalue weighted by Gasteiger charge is 2.46. The van der Waals surface area contributed by atoms with Crippen LogP contribution in [0.2, 0.25) is 0 Å². The molecule has 1 aliphatic rings. The second-order valence-corrected chi connectivity index (χ2v) is 7.97. The molecule has 1 fully saturated rings. The number of benzene rings is 1. The van der Waals surface area contributed by atoms with E-state index in [1.54, 1.807) is 31.2 Å². The molecule has 1 aliphatic heterocycles. The lowest BCUT2D eigenvalue weighted by atomic mass is 9.98. The topological polar surface area (TPSA) is 79.8 Å². The van der Waals surface area contributed by atoms with Crippen LogP contribution in [-0.4, -0.2) is 34.3 Å². The lowest BCUT2D eigenvalue weighted by Gasteiger charge is -2.18. The second-order valence-electron chi connectivity index (χ2n) is 7.11. The highest BCUT2D eigenvalue weighted by molar-refractivity contribution is 7.09. The molecule has 4 amide bonds. The fourth-order valence-corrected chi connectivity index (χ4v) is 3.56. The van der Waals surface area contributed by atoms with Crippen molar-refractivity contribution in [3.63, 3.8) is 0 Å². The van der Waals surface area contributed by atoms with Crippen molar-refractivity contribution in [1.29, 1.82) is 0 Å². The molecule has 1 saturated heterocycles. The molecule has 7 nitrogen and oxygen atoms in total. The van der Waals surface area contributed by atoms with Crippen LogP contribution in [0.3, 0.4) is 0 Å². The molecule has 1 aromatic heterocycles. The predicted octanol–water partition coefficient (Wildman–Crippen LogP) is 3.33. The number of hydrogen-bond acceptors (Lipinski definition) is 6. The zero-order valence-corrected chi connectivity index (χ0v) is 16.5. The zero-order chi connectivity index (χ0) is 19.8. The van der Waals surface area contributed by atoms with Gasteiger partial charge in [0.1, 0.15) is 5.75 Å². The van der Waals surface area contributed by atoms with E-state index in [-0.39, 0.29) is 17.6 Å². The van der Waals surface area contributed by atoms with Gasteiger partial charge < -0.3 is 4.74 Å². The van der Waals surface area contributed by atoms with Crippen molar-refractivity contribution in [3.8, 4) is 5.75 Å². The van der Waals surface area contributed by atoms with E-state index < -0.39 is 17.8 Å². The van der Waals surface area contributed by atoms with Crippen LogP contribution in [-0.2, 0) is 21.5 Å². The highest BCUT2D eigenvalue weighted by Crippen LogP contribution is 2.32. The number of ether oxygens (including phenoxy) is 1. The molecular weight excluding hydrogens is 366 g/mol. The summed E-state index contributed by atoms with van der Waals surface area (Å²) in [5.74, 6) is -1.38. The number of amides is 4. The summed E-state index contributed by atoms with van der Waals surface area (Å²) in [5.41, 5.74) is 0.721. The molecule has 0 atom stereocenters. The Morgan fingerprint density at radius 3 is 2.44 bits per heavy atom. The molecule has 142 valence electrons. The van der Waals surface area contributed by atoms with Crippen LogP contribution < -0.4 is 9.64 Å². The van der Waals surface area contributed by atoms with Crippen LogP contribution in [0, 0.1) is 0 Å². The minimum Gasteiger partial charge on any atom is -0.492 e. The maximum absolute atomic E-state index is 12.8. The van der Waals surface area contributed by atoms with E-state index in [0.29, 0.717) is 18.1 Å². The fraction of sp³-hybridized carbons (Fsp3) is 0.368. The van der Waals surface area contributed by atoms with E-state index in [0.717, 1.165) is 14.8 Å². The van der Waals surface area contributed by atoms with E-state index in [9.17, 15) is 14.4 Å². The lowest BCUT2D eigenvalue weighted by molar-refractivity contribution is -0.139.